The molecule has 60 heavy (non-hydrogen) atoms. The van der Waals surface area contributed by atoms with E-state index in [9.17, 15) is 10.1 Å². The van der Waals surface area contributed by atoms with Crippen LogP contribution in [0, 0.1) is 17.9 Å². The summed E-state index contributed by atoms with van der Waals surface area (Å²) in [6, 6.07) is 27.1. The molecule has 312 valence electrons. The second-order valence-electron chi connectivity index (χ2n) is 13.9. The number of aromatic amines is 1. The van der Waals surface area contributed by atoms with E-state index in [0.29, 0.717) is 29.6 Å². The zero-order valence-corrected chi connectivity index (χ0v) is 35.9. The predicted molar refractivity (Wildman–Crippen MR) is 242 cm³/mol. The van der Waals surface area contributed by atoms with E-state index in [2.05, 4.69) is 71.5 Å². The number of nitrogens with zero attached hydrogens (tertiary/aromatic N) is 10. The number of piperazine rings is 1. The van der Waals surface area contributed by atoms with Gasteiger partial charge in [-0.25, -0.2) is 26.5 Å². The van der Waals surface area contributed by atoms with Crippen LogP contribution in [0.4, 0.5) is 5.82 Å². The van der Waals surface area contributed by atoms with Gasteiger partial charge in [0.1, 0.15) is 27.8 Å². The fourth-order valence-corrected chi connectivity index (χ4v) is 7.26. The highest BCUT2D eigenvalue weighted by atomic mass is 35.5. The van der Waals surface area contributed by atoms with Crippen LogP contribution in [0.1, 0.15) is 61.8 Å². The van der Waals surface area contributed by atoms with E-state index in [1.165, 1.54) is 51.0 Å². The minimum atomic E-state index is 0.141. The average molecular weight is 849 g/mol. The summed E-state index contributed by atoms with van der Waals surface area (Å²) in [5, 5.41) is 18.5. The van der Waals surface area contributed by atoms with Crippen LogP contribution in [-0.4, -0.2) is 109 Å². The molecule has 0 unspecified atom stereocenters. The number of aldehydes is 1. The lowest BCUT2D eigenvalue weighted by Gasteiger charge is -2.34. The maximum Gasteiger partial charge on any atom is 0.271 e. The summed E-state index contributed by atoms with van der Waals surface area (Å²) in [6.45, 7) is 22.5. The topological polar surface area (TPSA) is 147 Å². The van der Waals surface area contributed by atoms with Gasteiger partial charge in [0, 0.05) is 38.2 Å². The zero-order chi connectivity index (χ0) is 42.9. The van der Waals surface area contributed by atoms with E-state index in [1.807, 2.05) is 59.0 Å². The zero-order valence-electron chi connectivity index (χ0n) is 34.4. The summed E-state index contributed by atoms with van der Waals surface area (Å²) in [4.78, 5) is 41.4. The van der Waals surface area contributed by atoms with Gasteiger partial charge in [0.15, 0.2) is 17.8 Å². The van der Waals surface area contributed by atoms with Crippen LogP contribution in [0.25, 0.3) is 43.6 Å². The number of hydrogen-bond donors (Lipinski definition) is 2. The molecular formula is C45H51Cl2N11O2. The Hall–Kier alpha value is -5.67. The highest BCUT2D eigenvalue weighted by molar-refractivity contribution is 6.33. The van der Waals surface area contributed by atoms with E-state index < -0.39 is 0 Å². The third kappa shape index (κ3) is 12.0. The molecule has 0 saturated carbocycles. The molecule has 0 atom stereocenters. The third-order valence-electron chi connectivity index (χ3n) is 10.0. The number of carbonyl (C=O) groups is 1. The van der Waals surface area contributed by atoms with Gasteiger partial charge in [0.05, 0.1) is 33.2 Å². The number of fused-ring (bicyclic) bond motifs is 6. The summed E-state index contributed by atoms with van der Waals surface area (Å²) < 4.78 is 2.02. The van der Waals surface area contributed by atoms with Gasteiger partial charge in [-0.3, -0.25) is 9.20 Å². The Morgan fingerprint density at radius 3 is 2.10 bits per heavy atom. The van der Waals surface area contributed by atoms with Crippen molar-refractivity contribution >= 4 is 74.1 Å². The number of aliphatic hydroxyl groups excluding tert-OH is 1. The summed E-state index contributed by atoms with van der Waals surface area (Å²) in [7, 11) is 0. The molecule has 7 aromatic rings. The van der Waals surface area contributed by atoms with Crippen molar-refractivity contribution in [1.82, 2.24) is 39.1 Å². The van der Waals surface area contributed by atoms with Gasteiger partial charge < -0.3 is 29.6 Å². The Morgan fingerprint density at radius 2 is 1.48 bits per heavy atom. The first kappa shape index (κ1) is 45.4. The molecule has 0 aliphatic carbocycles. The first-order valence-electron chi connectivity index (χ1n) is 20.2. The van der Waals surface area contributed by atoms with Crippen LogP contribution in [0.3, 0.4) is 0 Å². The van der Waals surface area contributed by atoms with Crippen molar-refractivity contribution in [3.05, 3.63) is 118 Å². The number of nitriles is 1. The predicted octanol–water partition coefficient (Wildman–Crippen LogP) is 8.72. The smallest absolute Gasteiger partial charge is 0.271 e. The Morgan fingerprint density at radius 1 is 0.817 bits per heavy atom. The van der Waals surface area contributed by atoms with Crippen molar-refractivity contribution in [2.75, 3.05) is 63.9 Å². The van der Waals surface area contributed by atoms with E-state index in [4.69, 9.17) is 39.9 Å². The molecule has 9 rings (SSSR count). The highest BCUT2D eigenvalue weighted by Crippen LogP contribution is 2.27. The van der Waals surface area contributed by atoms with Crippen LogP contribution < -0.4 is 4.90 Å². The molecule has 0 amide bonds. The number of benzene rings is 2. The van der Waals surface area contributed by atoms with E-state index in [-0.39, 0.29) is 16.9 Å². The SMILES string of the molecule is CCN1CCCCC1.CCN1CCN(c2ccc3cc(C#N)c4nc5ccccc5n4c3n2)CC1.CCO.O=Cc1ccc(Cl)nc1Cl.[C-]#[N+]Cc1nc2ccccc2[nH]1. The lowest BCUT2D eigenvalue weighted by Crippen LogP contribution is -2.46. The molecule has 0 radical (unpaired) electrons. The standard InChI is InChI=1S/C21H20N6.C9H7N3.C7H15N.C6H3Cl2NO.C2H6O/c1-2-25-9-11-26(12-10-25)19-8-7-15-13-16(14-22)21-23-17-5-3-4-6-18(17)27(21)20(15)24-19;1-10-6-9-11-7-4-2-3-5-8(7)12-9;1-2-8-6-4-3-5-7-8;7-5-2-1-4(3-10)6(8)9-5;1-2-3/h3-8,13H,2,9-12H2,1H3;2-5H,6H2,(H,11,12);2-7H2,1H3;1-3H;3H,2H2,1H3. The lowest BCUT2D eigenvalue weighted by molar-refractivity contribution is 0.112. The Kier molecular flexibility index (Phi) is 17.6. The monoisotopic (exact) mass is 847 g/mol. The molecule has 2 aromatic carbocycles. The minimum Gasteiger partial charge on any atom is -0.397 e. The molecule has 2 N–H and O–H groups in total. The molecule has 0 bridgehead atoms. The van der Waals surface area contributed by atoms with Gasteiger partial charge in [0.2, 0.25) is 0 Å². The normalized spacial score (nSPS) is 14.0. The lowest BCUT2D eigenvalue weighted by atomic mass is 10.1. The summed E-state index contributed by atoms with van der Waals surface area (Å²) in [5.41, 5.74) is 6.24. The van der Waals surface area contributed by atoms with Crippen LogP contribution in [0.15, 0.2) is 78.9 Å². The maximum atomic E-state index is 10.2. The number of nitrogens with one attached hydrogen (secondary N) is 1. The average Bonchev–Trinajstić information content (AvgIpc) is 3.89. The molecule has 0 spiro atoms. The number of H-pyrrole nitrogens is 1. The Bertz CT molecular complexity index is 2510. The number of rotatable bonds is 5. The van der Waals surface area contributed by atoms with Crippen LogP contribution >= 0.6 is 23.2 Å². The number of imidazole rings is 2. The maximum absolute atomic E-state index is 10.2. The van der Waals surface area contributed by atoms with Crippen LogP contribution in [0.5, 0.6) is 0 Å². The first-order chi connectivity index (χ1) is 29.3. The second-order valence-corrected chi connectivity index (χ2v) is 14.6. The summed E-state index contributed by atoms with van der Waals surface area (Å²) >= 11 is 11.0. The molecule has 2 fully saturated rings. The number of halogens is 2. The fourth-order valence-electron chi connectivity index (χ4n) is 6.88. The van der Waals surface area contributed by atoms with Gasteiger partial charge in [-0.1, -0.05) is 67.7 Å². The molecule has 7 heterocycles. The van der Waals surface area contributed by atoms with E-state index in [0.717, 1.165) is 77.5 Å². The number of carbonyl (C=O) groups excluding carboxylic acids is 1. The molecular weight excluding hydrogens is 797 g/mol. The molecule has 13 nitrogen and oxygen atoms in total. The quantitative estimate of drug-likeness (QED) is 0.0980. The molecule has 5 aromatic heterocycles. The second kappa shape index (κ2) is 23.2. The third-order valence-corrected chi connectivity index (χ3v) is 10.5. The number of aromatic nitrogens is 6. The van der Waals surface area contributed by atoms with E-state index >= 15 is 0 Å². The number of anilines is 1. The number of likely N-dealkylation sites (N-methyl/N-ethyl adjacent to an activating group) is 1. The van der Waals surface area contributed by atoms with Gasteiger partial charge in [0.25, 0.3) is 6.54 Å². The van der Waals surface area contributed by atoms with Crippen molar-refractivity contribution in [2.45, 2.75) is 46.6 Å². The van der Waals surface area contributed by atoms with Crippen molar-refractivity contribution in [3.63, 3.8) is 0 Å². The van der Waals surface area contributed by atoms with E-state index in [1.54, 1.807) is 6.92 Å². The molecule has 2 aliphatic heterocycles. The van der Waals surface area contributed by atoms with Crippen molar-refractivity contribution in [1.29, 1.82) is 5.26 Å². The number of aliphatic hydroxyl groups is 1. The van der Waals surface area contributed by atoms with Crippen molar-refractivity contribution < 1.29 is 9.90 Å². The number of pyridine rings is 3. The molecule has 2 aliphatic rings. The molecule has 15 heteroatoms. The Balaban J connectivity index is 0.000000171. The largest absolute Gasteiger partial charge is 0.397 e. The molecule has 2 saturated heterocycles. The fraction of sp³-hybridized carbons (Fsp3) is 0.356. The van der Waals surface area contributed by atoms with Crippen LogP contribution in [0.2, 0.25) is 10.3 Å². The first-order valence-corrected chi connectivity index (χ1v) is 21.0. The number of likely N-dealkylation sites (tertiary alicyclic amines) is 1. The van der Waals surface area contributed by atoms with Gasteiger partial charge in [-0.15, -0.1) is 0 Å². The van der Waals surface area contributed by atoms with Crippen molar-refractivity contribution in [2.24, 2.45) is 0 Å². The summed E-state index contributed by atoms with van der Waals surface area (Å²) in [6.07, 6.45) is 4.93. The number of piperidine rings is 1. The van der Waals surface area contributed by atoms with Gasteiger partial charge >= 0.3 is 0 Å². The van der Waals surface area contributed by atoms with Crippen molar-refractivity contribution in [3.8, 4) is 6.07 Å². The minimum absolute atomic E-state index is 0.141. The summed E-state index contributed by atoms with van der Waals surface area (Å²) in [5.74, 6) is 1.73. The highest BCUT2D eigenvalue weighted by Gasteiger charge is 2.19. The number of hydrogen-bond acceptors (Lipinski definition) is 10. The Labute approximate surface area is 361 Å². The number of para-hydroxylation sites is 4. The van der Waals surface area contributed by atoms with Gasteiger partial charge in [-0.05, 0) is 101 Å². The van der Waals surface area contributed by atoms with Crippen LogP contribution in [-0.2, 0) is 6.54 Å². The van der Waals surface area contributed by atoms with Gasteiger partial charge in [-0.2, -0.15) is 5.26 Å².